The first-order chi connectivity index (χ1) is 15.3. The second-order valence-electron chi connectivity index (χ2n) is 8.76. The highest BCUT2D eigenvalue weighted by Crippen LogP contribution is 2.34. The lowest BCUT2D eigenvalue weighted by molar-refractivity contribution is -0.133. The molecule has 3 aliphatic rings. The fourth-order valence-electron chi connectivity index (χ4n) is 4.59. The third-order valence-corrected chi connectivity index (χ3v) is 6.51. The molecule has 0 radical (unpaired) electrons. The van der Waals surface area contributed by atoms with Crippen molar-refractivity contribution in [2.24, 2.45) is 4.99 Å². The molecule has 1 N–H and O–H groups in total. The molecule has 1 aromatic carbocycles. The Morgan fingerprint density at radius 2 is 1.97 bits per heavy atom. The molecule has 0 saturated heterocycles. The molecule has 0 aromatic heterocycles. The van der Waals surface area contributed by atoms with Crippen LogP contribution in [0.4, 0.5) is 5.69 Å². The number of anilines is 1. The van der Waals surface area contributed by atoms with Gasteiger partial charge in [-0.05, 0) is 50.5 Å². The normalized spacial score (nSPS) is 22.8. The summed E-state index contributed by atoms with van der Waals surface area (Å²) in [7, 11) is 0. The largest absolute Gasteiger partial charge is 0.352 e. The number of aliphatic imine (C=N–C) groups is 1. The number of nitrogens with one attached hydrogen (secondary N) is 1. The molecule has 32 heavy (non-hydrogen) atoms. The van der Waals surface area contributed by atoms with Gasteiger partial charge in [0.25, 0.3) is 11.8 Å². The summed E-state index contributed by atoms with van der Waals surface area (Å²) in [4.78, 5) is 46.6. The van der Waals surface area contributed by atoms with E-state index in [9.17, 15) is 14.4 Å². The number of rotatable bonds is 5. The van der Waals surface area contributed by atoms with Crippen molar-refractivity contribution in [2.45, 2.75) is 57.5 Å². The molecule has 1 fully saturated rings. The maximum atomic E-state index is 14.1. The number of para-hydroxylation sites is 1. The van der Waals surface area contributed by atoms with Crippen LogP contribution in [0.2, 0.25) is 0 Å². The number of carbonyl (C=O) groups is 3. The number of halogens is 1. The number of hydrogen-bond donors (Lipinski definition) is 1. The maximum Gasteiger partial charge on any atom is 0.254 e. The molecule has 3 amide bonds. The molecule has 0 bridgehead atoms. The summed E-state index contributed by atoms with van der Waals surface area (Å²) in [6.07, 6.45) is 8.87. The number of hydrogen-bond acceptors (Lipinski definition) is 4. The highest BCUT2D eigenvalue weighted by Gasteiger charge is 2.48. The Kier molecular flexibility index (Phi) is 6.20. The van der Waals surface area contributed by atoms with Crippen molar-refractivity contribution in [1.29, 1.82) is 0 Å². The van der Waals surface area contributed by atoms with Gasteiger partial charge in [-0.15, -0.1) is 0 Å². The topological polar surface area (TPSA) is 82.1 Å². The minimum absolute atomic E-state index is 0.115. The minimum Gasteiger partial charge on any atom is -0.352 e. The molecular formula is C24H27ClN4O3. The van der Waals surface area contributed by atoms with E-state index >= 15 is 0 Å². The van der Waals surface area contributed by atoms with Gasteiger partial charge in [-0.1, -0.05) is 42.6 Å². The fraction of sp³-hybridized carbons (Fsp3) is 0.417. The first-order valence-electron chi connectivity index (χ1n) is 10.9. The molecule has 1 aromatic rings. The van der Waals surface area contributed by atoms with Gasteiger partial charge < -0.3 is 15.1 Å². The van der Waals surface area contributed by atoms with Crippen LogP contribution >= 0.6 is 11.6 Å². The van der Waals surface area contributed by atoms with Crippen molar-refractivity contribution >= 4 is 40.8 Å². The standard InChI is InChI=1S/C24H27ClN4O3/c1-16-7-3-6-10-19(16)28(15-22(31)26-18-8-4-5-9-18)23(32)24(2)13-21(30)27-20-12-11-17(25)14-29(20)24/h3,6-7,10-12,14,18H,4-5,8-9,13,15H2,1-2H3,(H,26,31)/t24-/m1/s1. The molecule has 8 heteroatoms. The van der Waals surface area contributed by atoms with Gasteiger partial charge in [0.2, 0.25) is 5.91 Å². The zero-order chi connectivity index (χ0) is 22.9. The van der Waals surface area contributed by atoms with Gasteiger partial charge in [-0.3, -0.25) is 14.4 Å². The Balaban J connectivity index is 1.68. The van der Waals surface area contributed by atoms with E-state index in [1.165, 1.54) is 4.90 Å². The molecule has 2 aliphatic heterocycles. The molecule has 0 unspecified atom stereocenters. The average Bonchev–Trinajstić information content (AvgIpc) is 3.25. The van der Waals surface area contributed by atoms with E-state index in [-0.39, 0.29) is 36.7 Å². The van der Waals surface area contributed by atoms with Crippen LogP contribution in [-0.4, -0.2) is 46.6 Å². The third-order valence-electron chi connectivity index (χ3n) is 6.29. The van der Waals surface area contributed by atoms with Crippen molar-refractivity contribution in [1.82, 2.24) is 10.2 Å². The van der Waals surface area contributed by atoms with Gasteiger partial charge in [0.1, 0.15) is 17.9 Å². The summed E-state index contributed by atoms with van der Waals surface area (Å²) in [6.45, 7) is 3.46. The molecular weight excluding hydrogens is 428 g/mol. The second kappa shape index (κ2) is 8.90. The summed E-state index contributed by atoms with van der Waals surface area (Å²) in [6, 6.07) is 7.58. The van der Waals surface area contributed by atoms with Crippen LogP contribution in [0.15, 0.2) is 52.6 Å². The van der Waals surface area contributed by atoms with E-state index in [1.807, 2.05) is 31.2 Å². The molecule has 1 atom stereocenters. The van der Waals surface area contributed by atoms with Crippen LogP contribution in [-0.2, 0) is 14.4 Å². The van der Waals surface area contributed by atoms with Gasteiger partial charge in [-0.2, -0.15) is 4.99 Å². The van der Waals surface area contributed by atoms with Gasteiger partial charge in [0.05, 0.1) is 11.5 Å². The summed E-state index contributed by atoms with van der Waals surface area (Å²) in [5.41, 5.74) is 0.232. The zero-order valence-electron chi connectivity index (χ0n) is 18.3. The predicted molar refractivity (Wildman–Crippen MR) is 124 cm³/mol. The summed E-state index contributed by atoms with van der Waals surface area (Å²) < 4.78 is 0. The number of allylic oxidation sites excluding steroid dienone is 2. The monoisotopic (exact) mass is 454 g/mol. The molecule has 0 spiro atoms. The van der Waals surface area contributed by atoms with Crippen molar-refractivity contribution in [3.8, 4) is 0 Å². The van der Waals surface area contributed by atoms with Crippen LogP contribution in [0, 0.1) is 6.92 Å². The van der Waals surface area contributed by atoms with E-state index < -0.39 is 5.54 Å². The Hall–Kier alpha value is -2.93. The van der Waals surface area contributed by atoms with Gasteiger partial charge in [0, 0.05) is 17.9 Å². The average molecular weight is 455 g/mol. The lowest BCUT2D eigenvalue weighted by Gasteiger charge is -2.44. The Morgan fingerprint density at radius 1 is 1.25 bits per heavy atom. The van der Waals surface area contributed by atoms with Gasteiger partial charge in [-0.25, -0.2) is 0 Å². The number of nitrogens with zero attached hydrogens (tertiary/aromatic N) is 3. The van der Waals surface area contributed by atoms with Crippen molar-refractivity contribution in [3.05, 3.63) is 53.2 Å². The molecule has 4 rings (SSSR count). The van der Waals surface area contributed by atoms with Crippen LogP contribution in [0.3, 0.4) is 0 Å². The fourth-order valence-corrected chi connectivity index (χ4v) is 4.75. The van der Waals surface area contributed by atoms with Crippen LogP contribution in [0.1, 0.15) is 44.6 Å². The number of benzene rings is 1. The van der Waals surface area contributed by atoms with E-state index in [0.29, 0.717) is 16.6 Å². The predicted octanol–water partition coefficient (Wildman–Crippen LogP) is 3.43. The van der Waals surface area contributed by atoms with Crippen LogP contribution in [0.25, 0.3) is 0 Å². The minimum atomic E-state index is -1.27. The van der Waals surface area contributed by atoms with Gasteiger partial charge in [0.15, 0.2) is 0 Å². The lowest BCUT2D eigenvalue weighted by Crippen LogP contribution is -2.62. The number of fused-ring (bicyclic) bond motifs is 1. The number of carbonyl (C=O) groups excluding carboxylic acids is 3. The van der Waals surface area contributed by atoms with Crippen LogP contribution < -0.4 is 10.2 Å². The highest BCUT2D eigenvalue weighted by atomic mass is 35.5. The first-order valence-corrected chi connectivity index (χ1v) is 11.3. The first kappa shape index (κ1) is 22.3. The van der Waals surface area contributed by atoms with E-state index in [4.69, 9.17) is 11.6 Å². The van der Waals surface area contributed by atoms with Crippen molar-refractivity contribution in [3.63, 3.8) is 0 Å². The highest BCUT2D eigenvalue weighted by molar-refractivity contribution is 6.32. The summed E-state index contributed by atoms with van der Waals surface area (Å²) >= 11 is 6.21. The van der Waals surface area contributed by atoms with Crippen molar-refractivity contribution in [2.75, 3.05) is 11.4 Å². The van der Waals surface area contributed by atoms with Crippen molar-refractivity contribution < 1.29 is 14.4 Å². The second-order valence-corrected chi connectivity index (χ2v) is 9.19. The molecule has 1 aliphatic carbocycles. The Morgan fingerprint density at radius 3 is 2.69 bits per heavy atom. The van der Waals surface area contributed by atoms with E-state index in [2.05, 4.69) is 10.3 Å². The zero-order valence-corrected chi connectivity index (χ0v) is 19.1. The Bertz CT molecular complexity index is 1040. The van der Waals surface area contributed by atoms with E-state index in [1.54, 1.807) is 30.2 Å². The quantitative estimate of drug-likeness (QED) is 0.739. The Labute approximate surface area is 192 Å². The molecule has 168 valence electrons. The molecule has 1 saturated carbocycles. The smallest absolute Gasteiger partial charge is 0.254 e. The number of aryl methyl sites for hydroxylation is 1. The van der Waals surface area contributed by atoms with Crippen LogP contribution in [0.5, 0.6) is 0 Å². The summed E-state index contributed by atoms with van der Waals surface area (Å²) in [5.74, 6) is -0.588. The number of amides is 3. The van der Waals surface area contributed by atoms with E-state index in [0.717, 1.165) is 31.2 Å². The molecule has 2 heterocycles. The summed E-state index contributed by atoms with van der Waals surface area (Å²) in [5, 5.41) is 3.49. The van der Waals surface area contributed by atoms with Gasteiger partial charge >= 0.3 is 0 Å². The third kappa shape index (κ3) is 4.35. The molecule has 7 nitrogen and oxygen atoms in total. The number of amidine groups is 1. The SMILES string of the molecule is Cc1ccccc1N(CC(=O)NC1CCCC1)C(=O)[C@@]1(C)CC(=O)N=C2C=CC(Cl)=CN21. The lowest BCUT2D eigenvalue weighted by atomic mass is 9.90. The maximum absolute atomic E-state index is 14.1.